The third-order valence-corrected chi connectivity index (χ3v) is 4.64. The van der Waals surface area contributed by atoms with E-state index in [0.717, 1.165) is 11.1 Å². The highest BCUT2D eigenvalue weighted by atomic mass is 16.5. The van der Waals surface area contributed by atoms with Crippen molar-refractivity contribution in [3.8, 4) is 11.5 Å². The van der Waals surface area contributed by atoms with Gasteiger partial charge in [0.25, 0.3) is 0 Å². The smallest absolute Gasteiger partial charge is 0.194 e. The molecule has 128 valence electrons. The molecule has 0 fully saturated rings. The van der Waals surface area contributed by atoms with Gasteiger partial charge in [-0.05, 0) is 35.7 Å². The molecule has 0 aliphatic heterocycles. The van der Waals surface area contributed by atoms with Crippen LogP contribution in [0.5, 0.6) is 11.5 Å². The molecule has 0 amide bonds. The molecule has 0 radical (unpaired) electrons. The largest absolute Gasteiger partial charge is 0.504 e. The van der Waals surface area contributed by atoms with Gasteiger partial charge in [0.2, 0.25) is 0 Å². The van der Waals surface area contributed by atoms with Crippen molar-refractivity contribution in [1.82, 2.24) is 0 Å². The molecule has 1 aliphatic carbocycles. The molecule has 4 rings (SSSR count). The predicted molar refractivity (Wildman–Crippen MR) is 97.2 cm³/mol. The number of phenols is 1. The molecule has 0 spiro atoms. The average molecular weight is 344 g/mol. The predicted octanol–water partition coefficient (Wildman–Crippen LogP) is 3.77. The number of rotatable bonds is 3. The van der Waals surface area contributed by atoms with Crippen molar-refractivity contribution in [1.29, 1.82) is 0 Å². The molecule has 0 heterocycles. The summed E-state index contributed by atoms with van der Waals surface area (Å²) in [7, 11) is 1.50. The normalized spacial score (nSPS) is 12.5. The van der Waals surface area contributed by atoms with Crippen LogP contribution >= 0.6 is 0 Å². The van der Waals surface area contributed by atoms with Crippen LogP contribution in [0.15, 0.2) is 60.7 Å². The van der Waals surface area contributed by atoms with Gasteiger partial charge in [-0.2, -0.15) is 0 Å². The van der Waals surface area contributed by atoms with E-state index in [1.165, 1.54) is 7.11 Å². The highest BCUT2D eigenvalue weighted by Crippen LogP contribution is 2.30. The number of benzene rings is 3. The average Bonchev–Trinajstić information content (AvgIpc) is 2.67. The highest BCUT2D eigenvalue weighted by molar-refractivity contribution is 6.28. The zero-order valence-electron chi connectivity index (χ0n) is 14.2. The summed E-state index contributed by atoms with van der Waals surface area (Å²) in [6.45, 7) is 0. The van der Waals surface area contributed by atoms with E-state index >= 15 is 0 Å². The van der Waals surface area contributed by atoms with E-state index in [2.05, 4.69) is 0 Å². The van der Waals surface area contributed by atoms with Crippen LogP contribution in [-0.4, -0.2) is 23.8 Å². The van der Waals surface area contributed by atoms with E-state index in [0.29, 0.717) is 34.4 Å². The minimum absolute atomic E-state index is 0.0825. The summed E-state index contributed by atoms with van der Waals surface area (Å²) >= 11 is 0. The highest BCUT2D eigenvalue weighted by Gasteiger charge is 2.29. The second-order valence-corrected chi connectivity index (χ2v) is 6.27. The number of ketones is 2. The maximum Gasteiger partial charge on any atom is 0.194 e. The minimum atomic E-state index is -0.125. The fraction of sp³-hybridized carbons (Fsp3) is 0.0909. The minimum Gasteiger partial charge on any atom is -0.504 e. The molecule has 3 aromatic carbocycles. The fourth-order valence-electron chi connectivity index (χ4n) is 3.32. The molecule has 1 aliphatic rings. The molecule has 0 saturated carbocycles. The van der Waals surface area contributed by atoms with Crippen LogP contribution in [0.3, 0.4) is 0 Å². The van der Waals surface area contributed by atoms with Gasteiger partial charge in [0.1, 0.15) is 0 Å². The molecule has 1 N–H and O–H groups in total. The standard InChI is InChI=1S/C22H16O4/c1-26-20-12-14(7-9-19(20)23)10-13-6-8-17-18(11-13)22(25)16-5-3-2-4-15(16)21(17)24/h2-9,11-12,23H,10H2,1H3. The van der Waals surface area contributed by atoms with Gasteiger partial charge >= 0.3 is 0 Å². The Morgan fingerprint density at radius 2 is 1.35 bits per heavy atom. The van der Waals surface area contributed by atoms with Gasteiger partial charge in [0, 0.05) is 22.3 Å². The summed E-state index contributed by atoms with van der Waals surface area (Å²) < 4.78 is 5.14. The van der Waals surface area contributed by atoms with E-state index in [9.17, 15) is 14.7 Å². The Kier molecular flexibility index (Phi) is 3.81. The fourth-order valence-corrected chi connectivity index (χ4v) is 3.32. The summed E-state index contributed by atoms with van der Waals surface area (Å²) in [6.07, 6.45) is 0.563. The van der Waals surface area contributed by atoms with E-state index in [-0.39, 0.29) is 17.3 Å². The van der Waals surface area contributed by atoms with Crippen LogP contribution in [-0.2, 0) is 6.42 Å². The van der Waals surface area contributed by atoms with Crippen LogP contribution in [0.1, 0.15) is 43.0 Å². The lowest BCUT2D eigenvalue weighted by Crippen LogP contribution is -2.21. The Hall–Kier alpha value is -3.40. The maximum absolute atomic E-state index is 12.8. The molecular weight excluding hydrogens is 328 g/mol. The van der Waals surface area contributed by atoms with Crippen molar-refractivity contribution < 1.29 is 19.4 Å². The first kappa shape index (κ1) is 16.1. The Labute approximate surface area is 150 Å². The number of carbonyl (C=O) groups is 2. The molecule has 0 unspecified atom stereocenters. The van der Waals surface area contributed by atoms with Crippen LogP contribution in [0.25, 0.3) is 0 Å². The molecule has 0 bridgehead atoms. The van der Waals surface area contributed by atoms with E-state index in [1.54, 1.807) is 54.6 Å². The zero-order chi connectivity index (χ0) is 18.3. The van der Waals surface area contributed by atoms with Crippen molar-refractivity contribution in [2.45, 2.75) is 6.42 Å². The third kappa shape index (κ3) is 2.56. The summed E-state index contributed by atoms with van der Waals surface area (Å²) in [6, 6.07) is 17.4. The summed E-state index contributed by atoms with van der Waals surface area (Å²) in [5.74, 6) is 0.244. The van der Waals surface area contributed by atoms with Gasteiger partial charge in [-0.15, -0.1) is 0 Å². The van der Waals surface area contributed by atoms with Crippen LogP contribution < -0.4 is 4.74 Å². The Morgan fingerprint density at radius 3 is 2.04 bits per heavy atom. The first-order valence-electron chi connectivity index (χ1n) is 8.25. The van der Waals surface area contributed by atoms with E-state index in [4.69, 9.17) is 4.74 Å². The van der Waals surface area contributed by atoms with Gasteiger partial charge in [-0.25, -0.2) is 0 Å². The maximum atomic E-state index is 12.8. The Balaban J connectivity index is 1.72. The lowest BCUT2D eigenvalue weighted by atomic mass is 9.83. The topological polar surface area (TPSA) is 63.6 Å². The first-order valence-corrected chi connectivity index (χ1v) is 8.25. The number of aromatic hydroxyl groups is 1. The van der Waals surface area contributed by atoms with Crippen molar-refractivity contribution >= 4 is 11.6 Å². The SMILES string of the molecule is COc1cc(Cc2ccc3c(c2)C(=O)c2ccccc2C3=O)ccc1O. The van der Waals surface area contributed by atoms with Gasteiger partial charge in [-0.3, -0.25) is 9.59 Å². The number of phenolic OH excluding ortho intramolecular Hbond substituents is 1. The molecule has 0 atom stereocenters. The van der Waals surface area contributed by atoms with Crippen molar-refractivity contribution in [3.05, 3.63) is 94.0 Å². The Morgan fingerprint density at radius 1 is 0.769 bits per heavy atom. The van der Waals surface area contributed by atoms with Gasteiger partial charge in [0.15, 0.2) is 23.1 Å². The van der Waals surface area contributed by atoms with Gasteiger partial charge in [-0.1, -0.05) is 42.5 Å². The monoisotopic (exact) mass is 344 g/mol. The number of hydrogen-bond acceptors (Lipinski definition) is 4. The van der Waals surface area contributed by atoms with Gasteiger partial charge in [0.05, 0.1) is 7.11 Å². The first-order chi connectivity index (χ1) is 12.6. The summed E-state index contributed by atoms with van der Waals surface area (Å²) in [4.78, 5) is 25.4. The third-order valence-electron chi connectivity index (χ3n) is 4.64. The molecular formula is C22H16O4. The molecule has 26 heavy (non-hydrogen) atoms. The summed E-state index contributed by atoms with van der Waals surface area (Å²) in [5, 5.41) is 9.71. The van der Waals surface area contributed by atoms with Crippen molar-refractivity contribution in [2.75, 3.05) is 7.11 Å². The van der Waals surface area contributed by atoms with Crippen LogP contribution in [0.4, 0.5) is 0 Å². The molecule has 4 heteroatoms. The van der Waals surface area contributed by atoms with E-state index in [1.807, 2.05) is 6.07 Å². The number of hydrogen-bond donors (Lipinski definition) is 1. The molecule has 0 aromatic heterocycles. The second kappa shape index (κ2) is 6.15. The van der Waals surface area contributed by atoms with Crippen molar-refractivity contribution in [3.63, 3.8) is 0 Å². The summed E-state index contributed by atoms with van der Waals surface area (Å²) in [5.41, 5.74) is 3.65. The molecule has 4 nitrogen and oxygen atoms in total. The molecule has 3 aromatic rings. The number of carbonyl (C=O) groups excluding carboxylic acids is 2. The van der Waals surface area contributed by atoms with Crippen LogP contribution in [0.2, 0.25) is 0 Å². The zero-order valence-corrected chi connectivity index (χ0v) is 14.2. The number of methoxy groups -OCH3 is 1. The second-order valence-electron chi connectivity index (χ2n) is 6.27. The number of ether oxygens (including phenoxy) is 1. The quantitative estimate of drug-likeness (QED) is 0.614. The van der Waals surface area contributed by atoms with Gasteiger partial charge < -0.3 is 9.84 Å². The molecule has 0 saturated heterocycles. The lowest BCUT2D eigenvalue weighted by molar-refractivity contribution is 0.0979. The lowest BCUT2D eigenvalue weighted by Gasteiger charge is -2.18. The van der Waals surface area contributed by atoms with Crippen molar-refractivity contribution in [2.24, 2.45) is 0 Å². The Bertz CT molecular complexity index is 1050. The van der Waals surface area contributed by atoms with E-state index < -0.39 is 0 Å². The number of fused-ring (bicyclic) bond motifs is 2. The van der Waals surface area contributed by atoms with Crippen LogP contribution in [0, 0.1) is 0 Å².